The summed E-state index contributed by atoms with van der Waals surface area (Å²) in [6.07, 6.45) is 0. The van der Waals surface area contributed by atoms with Gasteiger partial charge in [0.25, 0.3) is 0 Å². The molecule has 0 fully saturated rings. The van der Waals surface area contributed by atoms with E-state index in [9.17, 15) is 0 Å². The maximum absolute atomic E-state index is 6.14. The van der Waals surface area contributed by atoms with Crippen LogP contribution in [0.3, 0.4) is 0 Å². The number of fused-ring (bicyclic) bond motifs is 11. The van der Waals surface area contributed by atoms with Crippen molar-refractivity contribution in [2.45, 2.75) is 0 Å². The highest BCUT2D eigenvalue weighted by molar-refractivity contribution is 6.27. The van der Waals surface area contributed by atoms with Crippen molar-refractivity contribution >= 4 is 81.6 Å². The van der Waals surface area contributed by atoms with Gasteiger partial charge in [-0.1, -0.05) is 72.8 Å². The quantitative estimate of drug-likeness (QED) is 0.216. The van der Waals surface area contributed by atoms with E-state index in [2.05, 4.69) is 120 Å². The topological polar surface area (TPSA) is 17.6 Å². The summed E-state index contributed by atoms with van der Waals surface area (Å²) in [7, 11) is 0. The number of rotatable bonds is 1. The first kappa shape index (κ1) is 20.6. The summed E-state index contributed by atoms with van der Waals surface area (Å²) in [6, 6.07) is 46.5. The lowest BCUT2D eigenvalue weighted by atomic mass is 9.97. The van der Waals surface area contributed by atoms with E-state index >= 15 is 0 Å². The summed E-state index contributed by atoms with van der Waals surface area (Å²) < 4.78 is 8.63. The molecular formula is C38H21NO. The zero-order chi connectivity index (χ0) is 25.9. The van der Waals surface area contributed by atoms with Crippen LogP contribution in [0.25, 0.3) is 92.7 Å². The van der Waals surface area contributed by atoms with E-state index in [0.29, 0.717) is 0 Å². The van der Waals surface area contributed by atoms with Gasteiger partial charge in [0.15, 0.2) is 0 Å². The van der Waals surface area contributed by atoms with Gasteiger partial charge >= 0.3 is 0 Å². The second kappa shape index (κ2) is 7.19. The standard InChI is InChI=1S/C38H21NO/c1-3-9-24-20-34-29(15-22(24)7-1)32-18-27(26-13-14-37-31(17-26)28-11-5-6-12-36(28)40-37)19-33-30-16-23-8-2-4-10-25(23)21-35(30)39(34)38(32)33/h1-21H. The van der Waals surface area contributed by atoms with Crippen molar-refractivity contribution in [3.05, 3.63) is 127 Å². The molecular weight excluding hydrogens is 486 g/mol. The fourth-order valence-electron chi connectivity index (χ4n) is 6.99. The molecule has 0 aliphatic carbocycles. The van der Waals surface area contributed by atoms with Crippen LogP contribution in [0.2, 0.25) is 0 Å². The third-order valence-electron chi connectivity index (χ3n) is 8.83. The molecule has 3 heterocycles. The van der Waals surface area contributed by atoms with Crippen molar-refractivity contribution in [2.24, 2.45) is 0 Å². The number of benzene rings is 7. The smallest absolute Gasteiger partial charge is 0.135 e. The summed E-state index contributed by atoms with van der Waals surface area (Å²) in [5.41, 5.74) is 8.11. The predicted molar refractivity (Wildman–Crippen MR) is 169 cm³/mol. The lowest BCUT2D eigenvalue weighted by Gasteiger charge is -2.06. The fourth-order valence-corrected chi connectivity index (χ4v) is 6.99. The van der Waals surface area contributed by atoms with Gasteiger partial charge in [-0.3, -0.25) is 0 Å². The van der Waals surface area contributed by atoms with E-state index in [1.54, 1.807) is 0 Å². The Balaban J connectivity index is 1.38. The largest absolute Gasteiger partial charge is 0.456 e. The second-order valence-corrected chi connectivity index (χ2v) is 11.0. The molecule has 0 amide bonds. The van der Waals surface area contributed by atoms with Gasteiger partial charge in [0.05, 0.1) is 16.6 Å². The van der Waals surface area contributed by atoms with Crippen molar-refractivity contribution in [3.8, 4) is 11.1 Å². The van der Waals surface area contributed by atoms with Crippen molar-refractivity contribution in [2.75, 3.05) is 0 Å². The molecule has 7 aromatic carbocycles. The van der Waals surface area contributed by atoms with Gasteiger partial charge in [-0.2, -0.15) is 0 Å². The summed E-state index contributed by atoms with van der Waals surface area (Å²) in [6.45, 7) is 0. The Morgan fingerprint density at radius 3 is 1.55 bits per heavy atom. The van der Waals surface area contributed by atoms with E-state index in [-0.39, 0.29) is 0 Å². The molecule has 3 aromatic heterocycles. The molecule has 0 atom stereocenters. The molecule has 0 N–H and O–H groups in total. The Labute approximate surface area is 228 Å². The van der Waals surface area contributed by atoms with Gasteiger partial charge in [0.1, 0.15) is 11.2 Å². The van der Waals surface area contributed by atoms with Crippen LogP contribution in [-0.4, -0.2) is 4.40 Å². The zero-order valence-electron chi connectivity index (χ0n) is 21.5. The van der Waals surface area contributed by atoms with Crippen LogP contribution in [0.4, 0.5) is 0 Å². The SMILES string of the molecule is c1ccc2cc3c(cc2c1)c1cc(-c2ccc4oc5ccccc5c4c2)cc2c4cc5ccccc5cc4n3c12. The lowest BCUT2D eigenvalue weighted by Crippen LogP contribution is -1.82. The van der Waals surface area contributed by atoms with Crippen LogP contribution in [0.15, 0.2) is 132 Å². The monoisotopic (exact) mass is 507 g/mol. The molecule has 0 aliphatic rings. The third-order valence-corrected chi connectivity index (χ3v) is 8.83. The van der Waals surface area contributed by atoms with Crippen molar-refractivity contribution in [1.82, 2.24) is 4.40 Å². The van der Waals surface area contributed by atoms with E-state index < -0.39 is 0 Å². The van der Waals surface area contributed by atoms with Crippen LogP contribution in [-0.2, 0) is 0 Å². The molecule has 0 saturated heterocycles. The Bertz CT molecular complexity index is 2530. The number of furan rings is 1. The number of aromatic nitrogens is 1. The minimum Gasteiger partial charge on any atom is -0.456 e. The zero-order valence-corrected chi connectivity index (χ0v) is 21.5. The molecule has 10 aromatic rings. The van der Waals surface area contributed by atoms with Gasteiger partial charge in [0.2, 0.25) is 0 Å². The van der Waals surface area contributed by atoms with Crippen LogP contribution < -0.4 is 0 Å². The summed E-state index contributed by atoms with van der Waals surface area (Å²) in [5.74, 6) is 0. The second-order valence-electron chi connectivity index (χ2n) is 11.0. The highest BCUT2D eigenvalue weighted by Crippen LogP contribution is 2.44. The van der Waals surface area contributed by atoms with E-state index in [4.69, 9.17) is 4.42 Å². The Morgan fingerprint density at radius 1 is 0.375 bits per heavy atom. The Morgan fingerprint density at radius 2 is 0.900 bits per heavy atom. The number of hydrogen-bond acceptors (Lipinski definition) is 1. The van der Waals surface area contributed by atoms with E-state index in [1.165, 1.54) is 70.8 Å². The summed E-state index contributed by atoms with van der Waals surface area (Å²) in [5, 5.41) is 12.6. The van der Waals surface area contributed by atoms with Crippen LogP contribution in [0, 0.1) is 0 Å². The first-order chi connectivity index (χ1) is 19.8. The van der Waals surface area contributed by atoms with Gasteiger partial charge in [-0.15, -0.1) is 0 Å². The van der Waals surface area contributed by atoms with Crippen LogP contribution >= 0.6 is 0 Å². The van der Waals surface area contributed by atoms with Gasteiger partial charge in [-0.05, 0) is 87.3 Å². The average Bonchev–Trinajstić information content (AvgIpc) is 3.64. The molecule has 0 saturated carbocycles. The Hall–Kier alpha value is -5.34. The Kier molecular flexibility index (Phi) is 3.70. The summed E-state index contributed by atoms with van der Waals surface area (Å²) >= 11 is 0. The van der Waals surface area contributed by atoms with Crippen LogP contribution in [0.1, 0.15) is 0 Å². The van der Waals surface area contributed by atoms with E-state index in [1.807, 2.05) is 12.1 Å². The molecule has 40 heavy (non-hydrogen) atoms. The fraction of sp³-hybridized carbons (Fsp3) is 0. The molecule has 10 rings (SSSR count). The normalized spacial score (nSPS) is 12.5. The minimum atomic E-state index is 0.926. The van der Waals surface area contributed by atoms with Gasteiger partial charge in [0, 0.05) is 32.3 Å². The lowest BCUT2D eigenvalue weighted by molar-refractivity contribution is 0.669. The predicted octanol–water partition coefficient (Wildman–Crippen LogP) is 10.7. The summed E-state index contributed by atoms with van der Waals surface area (Å²) in [4.78, 5) is 0. The van der Waals surface area contributed by atoms with E-state index in [0.717, 1.165) is 21.9 Å². The average molecular weight is 508 g/mol. The highest BCUT2D eigenvalue weighted by atomic mass is 16.3. The number of hydrogen-bond donors (Lipinski definition) is 0. The maximum atomic E-state index is 6.14. The molecule has 2 nitrogen and oxygen atoms in total. The molecule has 0 unspecified atom stereocenters. The molecule has 0 radical (unpaired) electrons. The molecule has 0 bridgehead atoms. The van der Waals surface area contributed by atoms with Crippen LogP contribution in [0.5, 0.6) is 0 Å². The minimum absolute atomic E-state index is 0.926. The van der Waals surface area contributed by atoms with Gasteiger partial charge < -0.3 is 8.82 Å². The molecule has 0 spiro atoms. The highest BCUT2D eigenvalue weighted by Gasteiger charge is 2.20. The van der Waals surface area contributed by atoms with Crippen molar-refractivity contribution < 1.29 is 4.42 Å². The molecule has 2 heteroatoms. The maximum Gasteiger partial charge on any atom is 0.135 e. The first-order valence-electron chi connectivity index (χ1n) is 13.8. The van der Waals surface area contributed by atoms with Crippen molar-refractivity contribution in [3.63, 3.8) is 0 Å². The molecule has 0 aliphatic heterocycles. The van der Waals surface area contributed by atoms with Crippen molar-refractivity contribution in [1.29, 1.82) is 0 Å². The molecule has 184 valence electrons. The first-order valence-corrected chi connectivity index (χ1v) is 13.8. The van der Waals surface area contributed by atoms with Gasteiger partial charge in [-0.25, -0.2) is 0 Å². The third kappa shape index (κ3) is 2.58. The number of para-hydroxylation sites is 1. The number of nitrogens with zero attached hydrogens (tertiary/aromatic N) is 1.